The largest absolute Gasteiger partial charge is 0.395 e. The number of hydrogen-bond donors (Lipinski definition) is 1. The van der Waals surface area contributed by atoms with Gasteiger partial charge < -0.3 is 10.0 Å². The van der Waals surface area contributed by atoms with E-state index in [0.717, 1.165) is 32.6 Å². The summed E-state index contributed by atoms with van der Waals surface area (Å²) in [6.07, 6.45) is 0.978. The van der Waals surface area contributed by atoms with Crippen LogP contribution < -0.4 is 0 Å². The minimum atomic E-state index is 0.192. The highest BCUT2D eigenvalue weighted by atomic mass is 16.3. The molecule has 0 aromatic carbocycles. The van der Waals surface area contributed by atoms with E-state index in [-0.39, 0.29) is 24.6 Å². The van der Waals surface area contributed by atoms with E-state index >= 15 is 0 Å². The predicted octanol–water partition coefficient (Wildman–Crippen LogP) is 0.242. The van der Waals surface area contributed by atoms with Gasteiger partial charge in [0, 0.05) is 45.3 Å². The third kappa shape index (κ3) is 4.75. The molecule has 5 nitrogen and oxygen atoms in total. The summed E-state index contributed by atoms with van der Waals surface area (Å²) in [5, 5.41) is 9.31. The van der Waals surface area contributed by atoms with Crippen LogP contribution in [0, 0.1) is 0 Å². The molecule has 0 aliphatic carbocycles. The average molecular weight is 271 g/mol. The average Bonchev–Trinajstić information content (AvgIpc) is 2.41. The van der Waals surface area contributed by atoms with Crippen molar-refractivity contribution >= 4 is 5.91 Å². The molecule has 0 spiro atoms. The molecule has 1 aliphatic rings. The fraction of sp³-hybridized carbons (Fsp3) is 0.929. The number of nitrogens with zero attached hydrogens (tertiary/aromatic N) is 3. The molecule has 1 heterocycles. The van der Waals surface area contributed by atoms with Crippen LogP contribution >= 0.6 is 0 Å². The summed E-state index contributed by atoms with van der Waals surface area (Å²) >= 11 is 0. The smallest absolute Gasteiger partial charge is 0.236 e. The second-order valence-electron chi connectivity index (χ2n) is 5.66. The Balaban J connectivity index is 2.36. The first-order valence-corrected chi connectivity index (χ1v) is 7.32. The van der Waals surface area contributed by atoms with E-state index in [2.05, 4.69) is 16.7 Å². The van der Waals surface area contributed by atoms with Crippen LogP contribution in [0.2, 0.25) is 0 Å². The number of aliphatic hydroxyl groups is 1. The maximum atomic E-state index is 12.0. The van der Waals surface area contributed by atoms with Crippen molar-refractivity contribution in [1.82, 2.24) is 14.7 Å². The van der Waals surface area contributed by atoms with Gasteiger partial charge in [-0.25, -0.2) is 0 Å². The number of carbonyl (C=O) groups excluding carboxylic acids is 1. The monoisotopic (exact) mass is 271 g/mol. The van der Waals surface area contributed by atoms with Gasteiger partial charge in [0.15, 0.2) is 0 Å². The highest BCUT2D eigenvalue weighted by molar-refractivity contribution is 5.78. The zero-order valence-corrected chi connectivity index (χ0v) is 12.8. The van der Waals surface area contributed by atoms with Crippen molar-refractivity contribution < 1.29 is 9.90 Å². The number of hydrogen-bond acceptors (Lipinski definition) is 4. The summed E-state index contributed by atoms with van der Waals surface area (Å²) in [5.74, 6) is 0.192. The Kier molecular flexibility index (Phi) is 6.75. The Labute approximate surface area is 117 Å². The SMILES string of the molecule is CCC(CO)N1CCN(CC(=O)N(C)C(C)C)CC1. The molecule has 1 rings (SSSR count). The number of carbonyl (C=O) groups is 1. The van der Waals surface area contributed by atoms with Crippen molar-refractivity contribution in [2.75, 3.05) is 46.4 Å². The summed E-state index contributed by atoms with van der Waals surface area (Å²) in [6.45, 7) is 10.6. The third-order valence-electron chi connectivity index (χ3n) is 4.13. The minimum Gasteiger partial charge on any atom is -0.395 e. The number of likely N-dealkylation sites (N-methyl/N-ethyl adjacent to an activating group) is 1. The molecular formula is C14H29N3O2. The molecule has 1 unspecified atom stereocenters. The van der Waals surface area contributed by atoms with Crippen LogP contribution in [-0.2, 0) is 4.79 Å². The van der Waals surface area contributed by atoms with Gasteiger partial charge in [0.25, 0.3) is 0 Å². The van der Waals surface area contributed by atoms with Crippen molar-refractivity contribution in [2.24, 2.45) is 0 Å². The van der Waals surface area contributed by atoms with E-state index in [1.807, 2.05) is 20.9 Å². The number of piperazine rings is 1. The molecule has 0 aromatic rings. The lowest BCUT2D eigenvalue weighted by molar-refractivity contribution is -0.133. The van der Waals surface area contributed by atoms with Crippen LogP contribution in [0.15, 0.2) is 0 Å². The van der Waals surface area contributed by atoms with Crippen LogP contribution in [-0.4, -0.2) is 84.2 Å². The number of amides is 1. The van der Waals surface area contributed by atoms with Crippen molar-refractivity contribution in [3.63, 3.8) is 0 Å². The lowest BCUT2D eigenvalue weighted by Crippen LogP contribution is -2.53. The zero-order chi connectivity index (χ0) is 14.4. The Hall–Kier alpha value is -0.650. The maximum Gasteiger partial charge on any atom is 0.236 e. The summed E-state index contributed by atoms with van der Waals surface area (Å²) in [5.41, 5.74) is 0. The highest BCUT2D eigenvalue weighted by Gasteiger charge is 2.24. The molecule has 1 saturated heterocycles. The minimum absolute atomic E-state index is 0.192. The Bertz CT molecular complexity index is 272. The summed E-state index contributed by atoms with van der Waals surface area (Å²) in [7, 11) is 1.86. The Morgan fingerprint density at radius 3 is 2.26 bits per heavy atom. The van der Waals surface area contributed by atoms with Gasteiger partial charge in [-0.2, -0.15) is 0 Å². The van der Waals surface area contributed by atoms with Crippen molar-refractivity contribution in [3.8, 4) is 0 Å². The molecule has 1 atom stereocenters. The molecule has 0 radical (unpaired) electrons. The van der Waals surface area contributed by atoms with Crippen molar-refractivity contribution in [2.45, 2.75) is 39.3 Å². The molecule has 0 saturated carbocycles. The van der Waals surface area contributed by atoms with Crippen LogP contribution in [0.25, 0.3) is 0 Å². The molecule has 19 heavy (non-hydrogen) atoms. The normalized spacial score (nSPS) is 19.7. The number of aliphatic hydroxyl groups excluding tert-OH is 1. The lowest BCUT2D eigenvalue weighted by Gasteiger charge is -2.38. The lowest BCUT2D eigenvalue weighted by atomic mass is 10.1. The molecule has 1 aliphatic heterocycles. The van der Waals surface area contributed by atoms with Gasteiger partial charge in [0.1, 0.15) is 0 Å². The summed E-state index contributed by atoms with van der Waals surface area (Å²) in [6, 6.07) is 0.531. The standard InChI is InChI=1S/C14H29N3O2/c1-5-13(11-18)17-8-6-16(7-9-17)10-14(19)15(4)12(2)3/h12-13,18H,5-11H2,1-4H3. The van der Waals surface area contributed by atoms with Gasteiger partial charge in [0.2, 0.25) is 5.91 Å². The second kappa shape index (κ2) is 7.82. The van der Waals surface area contributed by atoms with Gasteiger partial charge in [-0.05, 0) is 20.3 Å². The quantitative estimate of drug-likeness (QED) is 0.752. The first kappa shape index (κ1) is 16.4. The van der Waals surface area contributed by atoms with Gasteiger partial charge in [0.05, 0.1) is 13.2 Å². The van der Waals surface area contributed by atoms with Crippen molar-refractivity contribution in [1.29, 1.82) is 0 Å². The number of rotatable bonds is 6. The highest BCUT2D eigenvalue weighted by Crippen LogP contribution is 2.09. The van der Waals surface area contributed by atoms with E-state index in [9.17, 15) is 9.90 Å². The van der Waals surface area contributed by atoms with Gasteiger partial charge in [-0.15, -0.1) is 0 Å². The summed E-state index contributed by atoms with van der Waals surface area (Å²) in [4.78, 5) is 18.3. The van der Waals surface area contributed by atoms with E-state index in [1.165, 1.54) is 0 Å². The van der Waals surface area contributed by atoms with Gasteiger partial charge in [-0.1, -0.05) is 6.92 Å². The zero-order valence-electron chi connectivity index (χ0n) is 12.8. The molecule has 1 amide bonds. The summed E-state index contributed by atoms with van der Waals surface area (Å²) < 4.78 is 0. The fourth-order valence-corrected chi connectivity index (χ4v) is 2.38. The van der Waals surface area contributed by atoms with Crippen LogP contribution in [0.1, 0.15) is 27.2 Å². The first-order valence-electron chi connectivity index (χ1n) is 7.32. The van der Waals surface area contributed by atoms with Gasteiger partial charge >= 0.3 is 0 Å². The molecule has 1 N–H and O–H groups in total. The fourth-order valence-electron chi connectivity index (χ4n) is 2.38. The van der Waals surface area contributed by atoms with E-state index < -0.39 is 0 Å². The van der Waals surface area contributed by atoms with Crippen molar-refractivity contribution in [3.05, 3.63) is 0 Å². The Morgan fingerprint density at radius 2 is 1.84 bits per heavy atom. The molecular weight excluding hydrogens is 242 g/mol. The van der Waals surface area contributed by atoms with Crippen LogP contribution in [0.5, 0.6) is 0 Å². The topological polar surface area (TPSA) is 47.0 Å². The molecule has 5 heteroatoms. The predicted molar refractivity (Wildman–Crippen MR) is 77.1 cm³/mol. The maximum absolute atomic E-state index is 12.0. The van der Waals surface area contributed by atoms with E-state index in [0.29, 0.717) is 6.54 Å². The molecule has 0 aromatic heterocycles. The van der Waals surface area contributed by atoms with Gasteiger partial charge in [-0.3, -0.25) is 14.6 Å². The van der Waals surface area contributed by atoms with E-state index in [4.69, 9.17) is 0 Å². The van der Waals surface area contributed by atoms with Crippen LogP contribution in [0.3, 0.4) is 0 Å². The molecule has 0 bridgehead atoms. The Morgan fingerprint density at radius 1 is 1.26 bits per heavy atom. The third-order valence-corrected chi connectivity index (χ3v) is 4.13. The molecule has 1 fully saturated rings. The molecule has 112 valence electrons. The van der Waals surface area contributed by atoms with Crippen LogP contribution in [0.4, 0.5) is 0 Å². The first-order chi connectivity index (χ1) is 8.99. The second-order valence-corrected chi connectivity index (χ2v) is 5.66. The van der Waals surface area contributed by atoms with E-state index in [1.54, 1.807) is 4.90 Å².